The van der Waals surface area contributed by atoms with Crippen LogP contribution in [0.2, 0.25) is 0 Å². The van der Waals surface area contributed by atoms with Crippen LogP contribution >= 0.6 is 11.3 Å². The maximum atomic E-state index is 13.0. The lowest BCUT2D eigenvalue weighted by atomic mass is 10.2. The van der Waals surface area contributed by atoms with Gasteiger partial charge in [0, 0.05) is 25.6 Å². The molecule has 1 aromatic carbocycles. The zero-order valence-corrected chi connectivity index (χ0v) is 14.7. The second-order valence-electron chi connectivity index (χ2n) is 6.22. The molecule has 1 N–H and O–H groups in total. The number of carbonyl (C=O) groups is 2. The summed E-state index contributed by atoms with van der Waals surface area (Å²) >= 11 is 1.40. The number of nitrogens with one attached hydrogen (secondary N) is 1. The van der Waals surface area contributed by atoms with Gasteiger partial charge in [-0.15, -0.1) is 11.3 Å². The van der Waals surface area contributed by atoms with Crippen LogP contribution in [0.25, 0.3) is 0 Å². The molecule has 2 aromatic rings. The number of hydrogen-bond acceptors (Lipinski definition) is 3. The lowest BCUT2D eigenvalue weighted by molar-refractivity contribution is -0.132. The molecule has 0 saturated heterocycles. The van der Waals surface area contributed by atoms with Crippen molar-refractivity contribution in [3.8, 4) is 0 Å². The fourth-order valence-corrected chi connectivity index (χ4v) is 3.31. The number of rotatable bonds is 8. The van der Waals surface area contributed by atoms with Crippen LogP contribution in [-0.4, -0.2) is 29.3 Å². The average Bonchev–Trinajstić information content (AvgIpc) is 3.30. The third-order valence-electron chi connectivity index (χ3n) is 4.17. The van der Waals surface area contributed by atoms with Crippen LogP contribution < -0.4 is 5.32 Å². The van der Waals surface area contributed by atoms with Crippen molar-refractivity contribution in [1.29, 1.82) is 0 Å². The van der Waals surface area contributed by atoms with Crippen molar-refractivity contribution < 1.29 is 14.0 Å². The molecule has 25 heavy (non-hydrogen) atoms. The Kier molecular flexibility index (Phi) is 5.81. The molecule has 6 heteroatoms. The second kappa shape index (κ2) is 8.25. The van der Waals surface area contributed by atoms with Gasteiger partial charge in [-0.3, -0.25) is 9.59 Å². The number of halogens is 1. The Morgan fingerprint density at radius 1 is 1.20 bits per heavy atom. The Morgan fingerprint density at radius 2 is 1.96 bits per heavy atom. The van der Waals surface area contributed by atoms with E-state index >= 15 is 0 Å². The molecule has 1 aliphatic rings. The highest BCUT2D eigenvalue weighted by atomic mass is 32.1. The van der Waals surface area contributed by atoms with Gasteiger partial charge in [-0.05, 0) is 48.4 Å². The normalized spacial score (nSPS) is 13.5. The average molecular weight is 360 g/mol. The predicted molar refractivity (Wildman–Crippen MR) is 95.9 cm³/mol. The highest BCUT2D eigenvalue weighted by Gasteiger charge is 2.32. The monoisotopic (exact) mass is 360 g/mol. The number of benzene rings is 1. The van der Waals surface area contributed by atoms with Gasteiger partial charge in [-0.2, -0.15) is 0 Å². The van der Waals surface area contributed by atoms with Crippen LogP contribution in [0, 0.1) is 5.82 Å². The summed E-state index contributed by atoms with van der Waals surface area (Å²) in [4.78, 5) is 26.9. The fraction of sp³-hybridized carbons (Fsp3) is 0.368. The molecule has 2 amide bonds. The van der Waals surface area contributed by atoms with Crippen molar-refractivity contribution in [2.75, 3.05) is 6.54 Å². The van der Waals surface area contributed by atoms with Crippen molar-refractivity contribution in [3.63, 3.8) is 0 Å². The maximum Gasteiger partial charge on any atom is 0.261 e. The van der Waals surface area contributed by atoms with Gasteiger partial charge < -0.3 is 10.2 Å². The molecule has 0 radical (unpaired) electrons. The van der Waals surface area contributed by atoms with Crippen LogP contribution in [0.4, 0.5) is 4.39 Å². The van der Waals surface area contributed by atoms with Gasteiger partial charge in [-0.1, -0.05) is 18.2 Å². The topological polar surface area (TPSA) is 49.4 Å². The molecule has 1 heterocycles. The molecule has 1 fully saturated rings. The Labute approximate surface area is 150 Å². The third kappa shape index (κ3) is 5.13. The summed E-state index contributed by atoms with van der Waals surface area (Å²) in [6, 6.07) is 10.2. The quantitative estimate of drug-likeness (QED) is 0.732. The van der Waals surface area contributed by atoms with E-state index in [4.69, 9.17) is 0 Å². The van der Waals surface area contributed by atoms with E-state index in [1.54, 1.807) is 18.2 Å². The van der Waals surface area contributed by atoms with Crippen molar-refractivity contribution in [1.82, 2.24) is 10.2 Å². The van der Waals surface area contributed by atoms with E-state index in [1.165, 1.54) is 23.5 Å². The van der Waals surface area contributed by atoms with Gasteiger partial charge >= 0.3 is 0 Å². The summed E-state index contributed by atoms with van der Waals surface area (Å²) in [7, 11) is 0. The molecule has 1 aliphatic carbocycles. The molecule has 1 aromatic heterocycles. The number of thiophene rings is 1. The first kappa shape index (κ1) is 17.6. The summed E-state index contributed by atoms with van der Waals surface area (Å²) in [5, 5.41) is 4.70. The summed E-state index contributed by atoms with van der Waals surface area (Å²) in [6.45, 7) is 1.00. The number of hydrogen-bond donors (Lipinski definition) is 1. The van der Waals surface area contributed by atoms with E-state index in [1.807, 2.05) is 16.3 Å². The first-order chi connectivity index (χ1) is 12.1. The fourth-order valence-electron chi connectivity index (χ4n) is 2.67. The highest BCUT2D eigenvalue weighted by Crippen LogP contribution is 2.29. The largest absolute Gasteiger partial charge is 0.351 e. The first-order valence-electron chi connectivity index (χ1n) is 8.49. The molecule has 3 rings (SSSR count). The molecule has 0 spiro atoms. The minimum atomic E-state index is -0.269. The molecule has 0 aliphatic heterocycles. The zero-order valence-electron chi connectivity index (χ0n) is 13.9. The van der Waals surface area contributed by atoms with E-state index in [9.17, 15) is 14.0 Å². The number of carbonyl (C=O) groups excluding carboxylic acids is 2. The van der Waals surface area contributed by atoms with Crippen molar-refractivity contribution in [3.05, 3.63) is 58.0 Å². The van der Waals surface area contributed by atoms with Crippen LogP contribution in [-0.2, 0) is 11.3 Å². The van der Waals surface area contributed by atoms with Gasteiger partial charge in [0.15, 0.2) is 0 Å². The molecular weight excluding hydrogens is 339 g/mol. The predicted octanol–water partition coefficient (Wildman–Crippen LogP) is 3.59. The maximum absolute atomic E-state index is 13.0. The molecule has 0 atom stereocenters. The van der Waals surface area contributed by atoms with E-state index in [-0.39, 0.29) is 17.6 Å². The molecule has 4 nitrogen and oxygen atoms in total. The van der Waals surface area contributed by atoms with Crippen LogP contribution in [0.5, 0.6) is 0 Å². The summed E-state index contributed by atoms with van der Waals surface area (Å²) < 4.78 is 13.0. The SMILES string of the molecule is O=C(NCCCC(=O)N(Cc1ccc(F)cc1)C1CC1)c1cccs1. The lowest BCUT2D eigenvalue weighted by Crippen LogP contribution is -2.33. The zero-order chi connectivity index (χ0) is 17.6. The standard InChI is InChI=1S/C19H21FN2O2S/c20-15-7-5-14(6-8-15)13-22(16-9-10-16)18(23)4-1-11-21-19(24)17-3-2-12-25-17/h2-3,5-8,12,16H,1,4,9-11,13H2,(H,21,24). The van der Waals surface area contributed by atoms with Crippen LogP contribution in [0.1, 0.15) is 40.9 Å². The Balaban J connectivity index is 1.45. The second-order valence-corrected chi connectivity index (χ2v) is 7.16. The van der Waals surface area contributed by atoms with Crippen molar-refractivity contribution >= 4 is 23.2 Å². The Hall–Kier alpha value is -2.21. The van der Waals surface area contributed by atoms with Gasteiger partial charge in [-0.25, -0.2) is 4.39 Å². The molecule has 0 bridgehead atoms. The van der Waals surface area contributed by atoms with Crippen LogP contribution in [0.3, 0.4) is 0 Å². The minimum absolute atomic E-state index is 0.0900. The van der Waals surface area contributed by atoms with E-state index in [2.05, 4.69) is 5.32 Å². The van der Waals surface area contributed by atoms with Crippen molar-refractivity contribution in [2.45, 2.75) is 38.3 Å². The molecule has 1 saturated carbocycles. The lowest BCUT2D eigenvalue weighted by Gasteiger charge is -2.22. The van der Waals surface area contributed by atoms with Crippen molar-refractivity contribution in [2.24, 2.45) is 0 Å². The summed E-state index contributed by atoms with van der Waals surface area (Å²) in [6.07, 6.45) is 3.08. The highest BCUT2D eigenvalue weighted by molar-refractivity contribution is 7.12. The summed E-state index contributed by atoms with van der Waals surface area (Å²) in [5.41, 5.74) is 0.938. The van der Waals surface area contributed by atoms with E-state index in [0.717, 1.165) is 18.4 Å². The Morgan fingerprint density at radius 3 is 2.60 bits per heavy atom. The number of amides is 2. The molecular formula is C19H21FN2O2S. The van der Waals surface area contributed by atoms with Gasteiger partial charge in [0.2, 0.25) is 5.91 Å². The first-order valence-corrected chi connectivity index (χ1v) is 9.37. The summed E-state index contributed by atoms with van der Waals surface area (Å²) in [5.74, 6) is -0.264. The van der Waals surface area contributed by atoms with E-state index < -0.39 is 0 Å². The Bertz CT molecular complexity index is 712. The smallest absolute Gasteiger partial charge is 0.261 e. The van der Waals surface area contributed by atoms with Gasteiger partial charge in [0.05, 0.1) is 4.88 Å². The van der Waals surface area contributed by atoms with E-state index in [0.29, 0.717) is 36.9 Å². The molecule has 0 unspecified atom stereocenters. The van der Waals surface area contributed by atoms with Crippen LogP contribution in [0.15, 0.2) is 41.8 Å². The minimum Gasteiger partial charge on any atom is -0.351 e. The van der Waals surface area contributed by atoms with Gasteiger partial charge in [0.25, 0.3) is 5.91 Å². The van der Waals surface area contributed by atoms with Gasteiger partial charge in [0.1, 0.15) is 5.82 Å². The third-order valence-corrected chi connectivity index (χ3v) is 5.04. The number of nitrogens with zero attached hydrogens (tertiary/aromatic N) is 1. The molecule has 132 valence electrons.